The highest BCUT2D eigenvalue weighted by Gasteiger charge is 2.06. The van der Waals surface area contributed by atoms with Crippen molar-refractivity contribution in [2.45, 2.75) is 0 Å². The molecule has 14 heavy (non-hydrogen) atoms. The van der Waals surface area contributed by atoms with Crippen LogP contribution in [0.1, 0.15) is 0 Å². The number of anilines is 1. The summed E-state index contributed by atoms with van der Waals surface area (Å²) < 4.78 is 1.64. The van der Waals surface area contributed by atoms with E-state index in [2.05, 4.69) is 15.0 Å². The summed E-state index contributed by atoms with van der Waals surface area (Å²) in [6.07, 6.45) is 1.59. The lowest BCUT2D eigenvalue weighted by Gasteiger charge is -2.05. The van der Waals surface area contributed by atoms with E-state index in [1.54, 1.807) is 17.9 Å². The molecule has 6 nitrogen and oxygen atoms in total. The quantitative estimate of drug-likeness (QED) is 0.659. The Balaban J connectivity index is 2.78. The van der Waals surface area contributed by atoms with Gasteiger partial charge in [0.2, 0.25) is 5.95 Å². The molecule has 0 radical (unpaired) electrons. The summed E-state index contributed by atoms with van der Waals surface area (Å²) in [4.78, 5) is 13.3. The zero-order chi connectivity index (χ0) is 10.3. The average molecular weight is 192 g/mol. The van der Waals surface area contributed by atoms with Crippen LogP contribution in [-0.2, 0) is 7.05 Å². The normalized spacial score (nSPS) is 10.8. The first-order valence-electron chi connectivity index (χ1n) is 4.23. The molecule has 0 fully saturated rings. The largest absolute Gasteiger partial charge is 0.348 e. The molecule has 2 rings (SSSR count). The number of aromatic amines is 1. The molecule has 2 N–H and O–H groups in total. The molecule has 0 saturated heterocycles. The van der Waals surface area contributed by atoms with E-state index in [-0.39, 0.29) is 0 Å². The van der Waals surface area contributed by atoms with Crippen LogP contribution in [-0.4, -0.2) is 33.6 Å². The number of rotatable bonds is 1. The Kier molecular flexibility index (Phi) is 1.77. The predicted molar refractivity (Wildman–Crippen MR) is 53.0 cm³/mol. The lowest BCUT2D eigenvalue weighted by molar-refractivity contribution is 0.802. The molecule has 0 bridgehead atoms. The Morgan fingerprint density at radius 1 is 1.50 bits per heavy atom. The van der Waals surface area contributed by atoms with Crippen molar-refractivity contribution in [3.8, 4) is 0 Å². The Morgan fingerprint density at radius 3 is 2.86 bits per heavy atom. The molecule has 2 aromatic rings. The van der Waals surface area contributed by atoms with E-state index < -0.39 is 0 Å². The van der Waals surface area contributed by atoms with Gasteiger partial charge >= 0.3 is 0 Å². The average Bonchev–Trinajstić information content (AvgIpc) is 2.56. The van der Waals surface area contributed by atoms with Crippen LogP contribution in [0.4, 0.5) is 5.95 Å². The van der Waals surface area contributed by atoms with Gasteiger partial charge < -0.3 is 14.5 Å². The molecule has 0 spiro atoms. The molecule has 0 aromatic carbocycles. The van der Waals surface area contributed by atoms with Gasteiger partial charge in [0.05, 0.1) is 6.33 Å². The van der Waals surface area contributed by atoms with E-state index in [9.17, 15) is 0 Å². The number of nitrogens with one attached hydrogen (secondary N) is 2. The van der Waals surface area contributed by atoms with E-state index in [1.807, 2.05) is 19.0 Å². The highest BCUT2D eigenvalue weighted by Crippen LogP contribution is 2.08. The first-order valence-corrected chi connectivity index (χ1v) is 4.23. The van der Waals surface area contributed by atoms with Crippen molar-refractivity contribution < 1.29 is 0 Å². The van der Waals surface area contributed by atoms with Gasteiger partial charge in [-0.05, 0) is 0 Å². The molecular weight excluding hydrogens is 180 g/mol. The Bertz CT molecular complexity index is 520. The third-order valence-corrected chi connectivity index (χ3v) is 2.04. The fraction of sp³-hybridized carbons (Fsp3) is 0.375. The lowest BCUT2D eigenvalue weighted by atomic mass is 10.5. The Labute approximate surface area is 80.7 Å². The summed E-state index contributed by atoms with van der Waals surface area (Å²) in [6.45, 7) is 0. The van der Waals surface area contributed by atoms with Gasteiger partial charge in [0.15, 0.2) is 11.1 Å². The number of aryl methyl sites for hydroxylation is 1. The third kappa shape index (κ3) is 1.15. The van der Waals surface area contributed by atoms with Crippen molar-refractivity contribution in [3.63, 3.8) is 0 Å². The van der Waals surface area contributed by atoms with Crippen molar-refractivity contribution in [1.29, 1.82) is 5.41 Å². The fourth-order valence-electron chi connectivity index (χ4n) is 1.20. The van der Waals surface area contributed by atoms with Gasteiger partial charge in [-0.15, -0.1) is 0 Å². The number of H-pyrrole nitrogens is 1. The molecule has 0 aliphatic rings. The zero-order valence-electron chi connectivity index (χ0n) is 8.37. The molecule has 0 aliphatic carbocycles. The molecule has 0 atom stereocenters. The van der Waals surface area contributed by atoms with Gasteiger partial charge in [-0.1, -0.05) is 0 Å². The molecule has 6 heteroatoms. The van der Waals surface area contributed by atoms with Gasteiger partial charge in [-0.25, -0.2) is 4.98 Å². The van der Waals surface area contributed by atoms with Crippen molar-refractivity contribution in [2.24, 2.45) is 7.05 Å². The second-order valence-corrected chi connectivity index (χ2v) is 3.36. The highest BCUT2D eigenvalue weighted by atomic mass is 15.2. The number of imidazole rings is 1. The maximum absolute atomic E-state index is 7.78. The minimum atomic E-state index is 0.385. The van der Waals surface area contributed by atoms with Crippen LogP contribution in [0, 0.1) is 5.41 Å². The highest BCUT2D eigenvalue weighted by molar-refractivity contribution is 5.71. The number of aromatic nitrogens is 4. The van der Waals surface area contributed by atoms with Crippen LogP contribution in [0.2, 0.25) is 0 Å². The van der Waals surface area contributed by atoms with Gasteiger partial charge in [0, 0.05) is 21.1 Å². The third-order valence-electron chi connectivity index (χ3n) is 2.04. The van der Waals surface area contributed by atoms with Gasteiger partial charge in [-0.2, -0.15) is 4.98 Å². The summed E-state index contributed by atoms with van der Waals surface area (Å²) in [5.74, 6) is 0.715. The second kappa shape index (κ2) is 2.83. The molecular formula is C8H12N6. The molecule has 2 aromatic heterocycles. The molecule has 0 amide bonds. The summed E-state index contributed by atoms with van der Waals surface area (Å²) >= 11 is 0. The van der Waals surface area contributed by atoms with Crippen LogP contribution >= 0.6 is 0 Å². The lowest BCUT2D eigenvalue weighted by Crippen LogP contribution is -2.17. The Morgan fingerprint density at radius 2 is 2.21 bits per heavy atom. The van der Waals surface area contributed by atoms with E-state index in [1.165, 1.54) is 0 Å². The van der Waals surface area contributed by atoms with Crippen LogP contribution in [0.3, 0.4) is 0 Å². The van der Waals surface area contributed by atoms with Gasteiger partial charge in [-0.3, -0.25) is 5.41 Å². The van der Waals surface area contributed by atoms with Crippen molar-refractivity contribution in [2.75, 3.05) is 19.0 Å². The maximum Gasteiger partial charge on any atom is 0.204 e. The topological polar surface area (TPSA) is 73.6 Å². The molecule has 0 unspecified atom stereocenters. The van der Waals surface area contributed by atoms with Crippen molar-refractivity contribution in [3.05, 3.63) is 11.8 Å². The van der Waals surface area contributed by atoms with Gasteiger partial charge in [0.1, 0.15) is 5.52 Å². The maximum atomic E-state index is 7.78. The Hall–Kier alpha value is -1.85. The SMILES string of the molecule is CN(C)c1nc2ncn(C)c(=N)c2[nH]1. The first kappa shape index (κ1) is 8.74. The van der Waals surface area contributed by atoms with E-state index in [4.69, 9.17) is 5.41 Å². The minimum absolute atomic E-state index is 0.385. The van der Waals surface area contributed by atoms with Crippen LogP contribution in [0.25, 0.3) is 11.2 Å². The van der Waals surface area contributed by atoms with Crippen molar-refractivity contribution >= 4 is 17.1 Å². The van der Waals surface area contributed by atoms with Crippen LogP contribution in [0.5, 0.6) is 0 Å². The van der Waals surface area contributed by atoms with E-state index >= 15 is 0 Å². The number of hydrogen-bond acceptors (Lipinski definition) is 4. The first-order chi connectivity index (χ1) is 6.59. The molecule has 0 saturated carbocycles. The monoisotopic (exact) mass is 192 g/mol. The van der Waals surface area contributed by atoms with Crippen molar-refractivity contribution in [1.82, 2.24) is 19.5 Å². The summed E-state index contributed by atoms with van der Waals surface area (Å²) in [7, 11) is 5.56. The zero-order valence-corrected chi connectivity index (χ0v) is 8.37. The van der Waals surface area contributed by atoms with Crippen LogP contribution in [0.15, 0.2) is 6.33 Å². The molecule has 74 valence electrons. The predicted octanol–water partition coefficient (Wildman–Crippen LogP) is -0.158. The second-order valence-electron chi connectivity index (χ2n) is 3.36. The number of fused-ring (bicyclic) bond motifs is 1. The minimum Gasteiger partial charge on any atom is -0.348 e. The molecule has 0 aliphatic heterocycles. The number of hydrogen-bond donors (Lipinski definition) is 2. The fourth-order valence-corrected chi connectivity index (χ4v) is 1.20. The summed E-state index contributed by atoms with van der Waals surface area (Å²) in [5.41, 5.74) is 1.63. The van der Waals surface area contributed by atoms with E-state index in [0.717, 1.165) is 0 Å². The smallest absolute Gasteiger partial charge is 0.204 e. The summed E-state index contributed by atoms with van der Waals surface area (Å²) in [5, 5.41) is 7.78. The van der Waals surface area contributed by atoms with Crippen LogP contribution < -0.4 is 10.4 Å². The summed E-state index contributed by atoms with van der Waals surface area (Å²) in [6, 6.07) is 0. The van der Waals surface area contributed by atoms with E-state index in [0.29, 0.717) is 22.6 Å². The van der Waals surface area contributed by atoms with Gasteiger partial charge in [0.25, 0.3) is 0 Å². The molecule has 2 heterocycles. The standard InChI is InChI=1S/C8H12N6/c1-13(2)8-11-5-6(9)14(3)4-10-7(5)12-8/h4,9H,1-3H3,(H,11,12). The number of nitrogens with zero attached hydrogens (tertiary/aromatic N) is 4.